The van der Waals surface area contributed by atoms with Crippen molar-refractivity contribution in [2.45, 2.75) is 25.9 Å². The lowest BCUT2D eigenvalue weighted by molar-refractivity contribution is -0.167. The number of hydrogen-bond donors (Lipinski definition) is 0. The topological polar surface area (TPSA) is 71.1 Å². The van der Waals surface area contributed by atoms with Crippen LogP contribution in [0, 0.1) is 0 Å². The third kappa shape index (κ3) is 5.23. The predicted molar refractivity (Wildman–Crippen MR) is 100 cm³/mol. The molecule has 27 heavy (non-hydrogen) atoms. The molecule has 0 heterocycles. The second kappa shape index (κ2) is 9.62. The summed E-state index contributed by atoms with van der Waals surface area (Å²) >= 11 is 0. The Bertz CT molecular complexity index is 704. The third-order valence-electron chi connectivity index (χ3n) is 4.06. The molecule has 2 aromatic carbocycles. The molecule has 1 atom stereocenters. The molecule has 0 saturated heterocycles. The SMILES string of the molecule is CCOC(=O)[C@H](OC(C)=O)C(c1ccc(OC)cc1)c1ccc(OC)cc1. The van der Waals surface area contributed by atoms with Crippen molar-refractivity contribution in [3.05, 3.63) is 59.7 Å². The summed E-state index contributed by atoms with van der Waals surface area (Å²) in [5.41, 5.74) is 1.58. The largest absolute Gasteiger partial charge is 0.497 e. The first-order valence-corrected chi connectivity index (χ1v) is 8.61. The van der Waals surface area contributed by atoms with Gasteiger partial charge in [-0.05, 0) is 42.3 Å². The minimum absolute atomic E-state index is 0.189. The van der Waals surface area contributed by atoms with Gasteiger partial charge in [-0.2, -0.15) is 0 Å². The summed E-state index contributed by atoms with van der Waals surface area (Å²) in [5, 5.41) is 0. The molecule has 0 N–H and O–H groups in total. The van der Waals surface area contributed by atoms with Gasteiger partial charge in [0.25, 0.3) is 0 Å². The minimum atomic E-state index is -1.11. The van der Waals surface area contributed by atoms with Crippen LogP contribution >= 0.6 is 0 Å². The fourth-order valence-electron chi connectivity index (χ4n) is 2.82. The van der Waals surface area contributed by atoms with E-state index in [0.717, 1.165) is 11.1 Å². The molecular weight excluding hydrogens is 348 g/mol. The van der Waals surface area contributed by atoms with E-state index in [1.165, 1.54) is 6.92 Å². The number of ether oxygens (including phenoxy) is 4. The van der Waals surface area contributed by atoms with Gasteiger partial charge in [0.2, 0.25) is 6.10 Å². The van der Waals surface area contributed by atoms with E-state index >= 15 is 0 Å². The van der Waals surface area contributed by atoms with Crippen molar-refractivity contribution < 1.29 is 28.5 Å². The van der Waals surface area contributed by atoms with Gasteiger partial charge < -0.3 is 18.9 Å². The average Bonchev–Trinajstić information content (AvgIpc) is 2.68. The lowest BCUT2D eigenvalue weighted by Crippen LogP contribution is -2.35. The van der Waals surface area contributed by atoms with Crippen LogP contribution in [0.1, 0.15) is 30.9 Å². The van der Waals surface area contributed by atoms with Gasteiger partial charge >= 0.3 is 11.9 Å². The van der Waals surface area contributed by atoms with Crippen LogP contribution in [0.5, 0.6) is 11.5 Å². The molecule has 0 amide bonds. The Labute approximate surface area is 159 Å². The molecule has 0 fully saturated rings. The molecule has 0 aliphatic heterocycles. The van der Waals surface area contributed by atoms with Crippen molar-refractivity contribution in [1.29, 1.82) is 0 Å². The molecule has 0 unspecified atom stereocenters. The summed E-state index contributed by atoms with van der Waals surface area (Å²) in [6, 6.07) is 14.5. The van der Waals surface area contributed by atoms with Crippen LogP contribution in [0.25, 0.3) is 0 Å². The van der Waals surface area contributed by atoms with Gasteiger partial charge in [-0.15, -0.1) is 0 Å². The first-order valence-electron chi connectivity index (χ1n) is 8.61. The van der Waals surface area contributed by atoms with E-state index in [4.69, 9.17) is 18.9 Å². The Kier molecular flexibility index (Phi) is 7.23. The Morgan fingerprint density at radius 2 is 1.30 bits per heavy atom. The zero-order valence-electron chi connectivity index (χ0n) is 15.9. The van der Waals surface area contributed by atoms with Crippen molar-refractivity contribution >= 4 is 11.9 Å². The van der Waals surface area contributed by atoms with E-state index in [0.29, 0.717) is 11.5 Å². The van der Waals surface area contributed by atoms with Gasteiger partial charge in [-0.3, -0.25) is 4.79 Å². The van der Waals surface area contributed by atoms with E-state index in [9.17, 15) is 9.59 Å². The zero-order valence-corrected chi connectivity index (χ0v) is 15.9. The van der Waals surface area contributed by atoms with Crippen LogP contribution in [0.15, 0.2) is 48.5 Å². The van der Waals surface area contributed by atoms with Crippen LogP contribution in [0.4, 0.5) is 0 Å². The third-order valence-corrected chi connectivity index (χ3v) is 4.06. The predicted octanol–water partition coefficient (Wildman–Crippen LogP) is 3.33. The smallest absolute Gasteiger partial charge is 0.348 e. The first-order chi connectivity index (χ1) is 13.0. The van der Waals surface area contributed by atoms with Crippen LogP contribution < -0.4 is 9.47 Å². The van der Waals surface area contributed by atoms with Crippen molar-refractivity contribution in [3.63, 3.8) is 0 Å². The number of carbonyl (C=O) groups excluding carboxylic acids is 2. The highest BCUT2D eigenvalue weighted by atomic mass is 16.6. The number of rotatable bonds is 8. The van der Waals surface area contributed by atoms with Gasteiger partial charge in [0.15, 0.2) is 0 Å². The molecule has 0 spiro atoms. The maximum Gasteiger partial charge on any atom is 0.348 e. The second-order valence-corrected chi connectivity index (χ2v) is 5.81. The zero-order chi connectivity index (χ0) is 19.8. The molecule has 0 saturated carbocycles. The summed E-state index contributed by atoms with van der Waals surface area (Å²) in [4.78, 5) is 24.2. The summed E-state index contributed by atoms with van der Waals surface area (Å²) in [5.74, 6) is -0.311. The van der Waals surface area contributed by atoms with E-state index in [1.54, 1.807) is 45.4 Å². The average molecular weight is 372 g/mol. The standard InChI is InChI=1S/C21H24O6/c1-5-26-21(23)20(27-14(2)22)19(15-6-10-17(24-3)11-7-15)16-8-12-18(25-4)13-9-16/h6-13,19-20H,5H2,1-4H3/t20-/m1/s1. The molecule has 0 radical (unpaired) electrons. The lowest BCUT2D eigenvalue weighted by Gasteiger charge is -2.26. The van der Waals surface area contributed by atoms with Crippen LogP contribution in [-0.2, 0) is 19.1 Å². The lowest BCUT2D eigenvalue weighted by atomic mass is 9.86. The summed E-state index contributed by atoms with van der Waals surface area (Å²) in [6.45, 7) is 3.17. The van der Waals surface area contributed by atoms with Gasteiger partial charge in [-0.25, -0.2) is 4.79 Å². The normalized spacial score (nSPS) is 11.6. The fraction of sp³-hybridized carbons (Fsp3) is 0.333. The maximum absolute atomic E-state index is 12.6. The Morgan fingerprint density at radius 1 is 0.852 bits per heavy atom. The first kappa shape index (κ1) is 20.3. The molecule has 0 aliphatic carbocycles. The number of hydrogen-bond acceptors (Lipinski definition) is 6. The fourth-order valence-corrected chi connectivity index (χ4v) is 2.82. The van der Waals surface area contributed by atoms with Crippen LogP contribution in [0.3, 0.4) is 0 Å². The van der Waals surface area contributed by atoms with E-state index in [-0.39, 0.29) is 6.61 Å². The molecular formula is C21H24O6. The van der Waals surface area contributed by atoms with E-state index in [1.807, 2.05) is 24.3 Å². The van der Waals surface area contributed by atoms with Gasteiger partial charge in [0, 0.05) is 6.92 Å². The molecule has 144 valence electrons. The van der Waals surface area contributed by atoms with Crippen molar-refractivity contribution in [2.75, 3.05) is 20.8 Å². The molecule has 6 nitrogen and oxygen atoms in total. The second-order valence-electron chi connectivity index (χ2n) is 5.81. The number of esters is 2. The molecule has 2 aromatic rings. The van der Waals surface area contributed by atoms with E-state index < -0.39 is 24.0 Å². The highest BCUT2D eigenvalue weighted by Gasteiger charge is 2.35. The van der Waals surface area contributed by atoms with Crippen molar-refractivity contribution in [1.82, 2.24) is 0 Å². The molecule has 6 heteroatoms. The maximum atomic E-state index is 12.6. The molecule has 0 aromatic heterocycles. The highest BCUT2D eigenvalue weighted by Crippen LogP contribution is 2.33. The van der Waals surface area contributed by atoms with Gasteiger partial charge in [0.1, 0.15) is 11.5 Å². The summed E-state index contributed by atoms with van der Waals surface area (Å²) < 4.78 is 20.9. The monoisotopic (exact) mass is 372 g/mol. The number of carbonyl (C=O) groups is 2. The van der Waals surface area contributed by atoms with Crippen LogP contribution in [-0.4, -0.2) is 38.9 Å². The van der Waals surface area contributed by atoms with E-state index in [2.05, 4.69) is 0 Å². The number of benzene rings is 2. The Balaban J connectivity index is 2.52. The number of methoxy groups -OCH3 is 2. The van der Waals surface area contributed by atoms with Crippen LogP contribution in [0.2, 0.25) is 0 Å². The molecule has 0 bridgehead atoms. The van der Waals surface area contributed by atoms with Gasteiger partial charge in [0.05, 0.1) is 26.7 Å². The Morgan fingerprint density at radius 3 is 1.63 bits per heavy atom. The summed E-state index contributed by atoms with van der Waals surface area (Å²) in [6.07, 6.45) is -1.11. The van der Waals surface area contributed by atoms with Crippen molar-refractivity contribution in [2.24, 2.45) is 0 Å². The molecule has 2 rings (SSSR count). The Hall–Kier alpha value is -3.02. The quantitative estimate of drug-likeness (QED) is 0.662. The highest BCUT2D eigenvalue weighted by molar-refractivity contribution is 5.80. The van der Waals surface area contributed by atoms with Crippen molar-refractivity contribution in [3.8, 4) is 11.5 Å². The van der Waals surface area contributed by atoms with Gasteiger partial charge in [-0.1, -0.05) is 24.3 Å². The summed E-state index contributed by atoms with van der Waals surface area (Å²) in [7, 11) is 3.16. The molecule has 0 aliphatic rings. The minimum Gasteiger partial charge on any atom is -0.497 e.